The van der Waals surface area contributed by atoms with Gasteiger partial charge in [-0.3, -0.25) is 4.90 Å². The molecule has 0 N–H and O–H groups in total. The first-order valence-corrected chi connectivity index (χ1v) is 12.4. The van der Waals surface area contributed by atoms with E-state index < -0.39 is 0 Å². The number of aliphatic imine (C=N–C) groups is 1. The Bertz CT molecular complexity index is 1390. The highest BCUT2D eigenvalue weighted by molar-refractivity contribution is 8.16. The number of fused-ring (bicyclic) bond motifs is 1. The van der Waals surface area contributed by atoms with E-state index in [9.17, 15) is 8.78 Å². The van der Waals surface area contributed by atoms with Gasteiger partial charge in [-0.15, -0.1) is 0 Å². The number of likely N-dealkylation sites (N-methyl/N-ethyl adjacent to an activating group) is 1. The Kier molecular flexibility index (Phi) is 5.63. The summed E-state index contributed by atoms with van der Waals surface area (Å²) in [4.78, 5) is 9.70. The maximum Gasteiger partial charge on any atom is 0.174 e. The first-order chi connectivity index (χ1) is 17.1. The Hall–Kier alpha value is -3.48. The fourth-order valence-corrected chi connectivity index (χ4v) is 5.87. The van der Waals surface area contributed by atoms with Gasteiger partial charge < -0.3 is 4.90 Å². The first-order valence-electron chi connectivity index (χ1n) is 11.5. The van der Waals surface area contributed by atoms with Gasteiger partial charge in [0.2, 0.25) is 0 Å². The molecule has 0 fully saturated rings. The highest BCUT2D eigenvalue weighted by atomic mass is 32.2. The van der Waals surface area contributed by atoms with E-state index in [0.717, 1.165) is 51.9 Å². The van der Waals surface area contributed by atoms with E-state index in [4.69, 9.17) is 4.99 Å². The smallest absolute Gasteiger partial charge is 0.174 e. The molecule has 3 heterocycles. The van der Waals surface area contributed by atoms with Crippen LogP contribution in [0, 0.1) is 11.6 Å². The number of nitrogens with zero attached hydrogens (tertiary/aromatic N) is 3. The summed E-state index contributed by atoms with van der Waals surface area (Å²) in [5.74, 6) is -0.500. The lowest BCUT2D eigenvalue weighted by Gasteiger charge is -2.42. The minimum Gasteiger partial charge on any atom is -0.308 e. The van der Waals surface area contributed by atoms with E-state index in [0.29, 0.717) is 0 Å². The van der Waals surface area contributed by atoms with Crippen LogP contribution in [0.15, 0.2) is 106 Å². The van der Waals surface area contributed by atoms with Crippen LogP contribution in [-0.2, 0) is 0 Å². The summed E-state index contributed by atoms with van der Waals surface area (Å²) in [6.07, 6.45) is 2.09. The van der Waals surface area contributed by atoms with E-state index in [1.807, 2.05) is 30.3 Å². The fourth-order valence-electron chi connectivity index (χ4n) is 4.94. The molecule has 0 aliphatic carbocycles. The molecule has 0 aromatic heterocycles. The molecule has 35 heavy (non-hydrogen) atoms. The number of rotatable bonds is 3. The third-order valence-corrected chi connectivity index (χ3v) is 7.33. The summed E-state index contributed by atoms with van der Waals surface area (Å²) in [5.41, 5.74) is 7.40. The second kappa shape index (κ2) is 8.95. The number of amidine groups is 1. The summed E-state index contributed by atoms with van der Waals surface area (Å²) in [7, 11) is 2.09. The van der Waals surface area contributed by atoms with Crippen molar-refractivity contribution >= 4 is 28.7 Å². The molecule has 174 valence electrons. The van der Waals surface area contributed by atoms with Crippen molar-refractivity contribution in [3.8, 4) is 0 Å². The molecular weight excluding hydrogens is 460 g/mol. The molecule has 1 atom stereocenters. The molecule has 3 aliphatic rings. The normalized spacial score (nSPS) is 21.1. The highest BCUT2D eigenvalue weighted by Gasteiger charge is 2.41. The Morgan fingerprint density at radius 3 is 2.29 bits per heavy atom. The zero-order valence-corrected chi connectivity index (χ0v) is 20.0. The molecule has 3 aromatic rings. The minimum atomic E-state index is -0.250. The third-order valence-electron chi connectivity index (χ3n) is 6.49. The highest BCUT2D eigenvalue weighted by Crippen LogP contribution is 2.49. The minimum absolute atomic E-state index is 0.112. The van der Waals surface area contributed by atoms with Crippen LogP contribution in [0.3, 0.4) is 0 Å². The Morgan fingerprint density at radius 1 is 0.886 bits per heavy atom. The van der Waals surface area contributed by atoms with Crippen LogP contribution in [-0.4, -0.2) is 35.1 Å². The molecule has 0 bridgehead atoms. The maximum absolute atomic E-state index is 13.9. The monoisotopic (exact) mass is 483 g/mol. The Balaban J connectivity index is 1.51. The van der Waals surface area contributed by atoms with Gasteiger partial charge in [-0.1, -0.05) is 66.4 Å². The van der Waals surface area contributed by atoms with E-state index in [-0.39, 0.29) is 17.7 Å². The SMILES string of the molecule is CN1CC2=C(N=C3SC=C(c4ccccc4)N3[C@@H]2c2ccc(F)cc2)/C(=C/c2ccc(F)cc2)C1. The molecule has 6 rings (SSSR count). The van der Waals surface area contributed by atoms with Crippen LogP contribution < -0.4 is 0 Å². The predicted molar refractivity (Wildman–Crippen MR) is 139 cm³/mol. The summed E-state index contributed by atoms with van der Waals surface area (Å²) in [6, 6.07) is 23.5. The van der Waals surface area contributed by atoms with Crippen molar-refractivity contribution in [2.45, 2.75) is 6.04 Å². The van der Waals surface area contributed by atoms with Gasteiger partial charge >= 0.3 is 0 Å². The van der Waals surface area contributed by atoms with Crippen LogP contribution in [0.5, 0.6) is 0 Å². The summed E-state index contributed by atoms with van der Waals surface area (Å²) in [6.45, 7) is 1.49. The number of hydrogen-bond acceptors (Lipinski definition) is 4. The van der Waals surface area contributed by atoms with Gasteiger partial charge in [0.15, 0.2) is 5.17 Å². The van der Waals surface area contributed by atoms with E-state index >= 15 is 0 Å². The van der Waals surface area contributed by atoms with Crippen molar-refractivity contribution in [2.75, 3.05) is 20.1 Å². The van der Waals surface area contributed by atoms with Gasteiger partial charge in [-0.2, -0.15) is 0 Å². The molecule has 0 radical (unpaired) electrons. The summed E-state index contributed by atoms with van der Waals surface area (Å²) in [5, 5.41) is 3.06. The zero-order valence-electron chi connectivity index (χ0n) is 19.2. The number of benzene rings is 3. The van der Waals surface area contributed by atoms with Crippen molar-refractivity contribution < 1.29 is 8.78 Å². The molecule has 6 heteroatoms. The third kappa shape index (κ3) is 4.13. The van der Waals surface area contributed by atoms with Gasteiger partial charge in [0, 0.05) is 18.5 Å². The van der Waals surface area contributed by atoms with Gasteiger partial charge in [0.1, 0.15) is 11.6 Å². The second-order valence-electron chi connectivity index (χ2n) is 8.97. The molecule has 3 aliphatic heterocycles. The summed E-state index contributed by atoms with van der Waals surface area (Å²) >= 11 is 1.61. The zero-order chi connectivity index (χ0) is 23.9. The van der Waals surface area contributed by atoms with Gasteiger partial charge in [0.25, 0.3) is 0 Å². The average molecular weight is 484 g/mol. The topological polar surface area (TPSA) is 18.8 Å². The lowest BCUT2D eigenvalue weighted by Crippen LogP contribution is -2.40. The second-order valence-corrected chi connectivity index (χ2v) is 9.81. The first kappa shape index (κ1) is 22.0. The van der Waals surface area contributed by atoms with E-state index in [1.54, 1.807) is 23.9 Å². The quantitative estimate of drug-likeness (QED) is 0.413. The van der Waals surface area contributed by atoms with Crippen molar-refractivity contribution in [2.24, 2.45) is 4.99 Å². The molecule has 0 saturated carbocycles. The lowest BCUT2D eigenvalue weighted by atomic mass is 9.88. The molecular formula is C29H23F2N3S. The van der Waals surface area contributed by atoms with Gasteiger partial charge in [-0.05, 0) is 65.2 Å². The molecule has 0 saturated heterocycles. The largest absolute Gasteiger partial charge is 0.308 e. The average Bonchev–Trinajstić information content (AvgIpc) is 3.29. The van der Waals surface area contributed by atoms with Crippen LogP contribution in [0.1, 0.15) is 22.7 Å². The molecule has 3 aromatic carbocycles. The van der Waals surface area contributed by atoms with Crippen LogP contribution >= 0.6 is 11.8 Å². The van der Waals surface area contributed by atoms with Crippen molar-refractivity contribution in [1.82, 2.24) is 9.80 Å². The van der Waals surface area contributed by atoms with Gasteiger partial charge in [-0.25, -0.2) is 13.8 Å². The fraction of sp³-hybridized carbons (Fsp3) is 0.138. The molecule has 0 amide bonds. The maximum atomic E-state index is 13.9. The van der Waals surface area contributed by atoms with Gasteiger partial charge in [0.05, 0.1) is 17.4 Å². The Morgan fingerprint density at radius 2 is 1.57 bits per heavy atom. The van der Waals surface area contributed by atoms with Crippen molar-refractivity contribution in [3.05, 3.63) is 129 Å². The predicted octanol–water partition coefficient (Wildman–Crippen LogP) is 6.71. The van der Waals surface area contributed by atoms with E-state index in [2.05, 4.69) is 40.5 Å². The number of halogens is 2. The van der Waals surface area contributed by atoms with Crippen LogP contribution in [0.4, 0.5) is 8.78 Å². The molecule has 0 unspecified atom stereocenters. The Labute approximate surface area is 207 Å². The number of thioether (sulfide) groups is 1. The lowest BCUT2D eigenvalue weighted by molar-refractivity contribution is 0.344. The van der Waals surface area contributed by atoms with Crippen LogP contribution in [0.2, 0.25) is 0 Å². The summed E-state index contributed by atoms with van der Waals surface area (Å²) < 4.78 is 27.4. The van der Waals surface area contributed by atoms with Crippen molar-refractivity contribution in [3.63, 3.8) is 0 Å². The molecule has 3 nitrogen and oxygen atoms in total. The van der Waals surface area contributed by atoms with Crippen molar-refractivity contribution in [1.29, 1.82) is 0 Å². The number of hydrogen-bond donors (Lipinski definition) is 0. The van der Waals surface area contributed by atoms with E-state index in [1.165, 1.54) is 29.8 Å². The van der Waals surface area contributed by atoms with Crippen LogP contribution in [0.25, 0.3) is 11.8 Å². The molecule has 0 spiro atoms. The standard InChI is InChI=1S/C29H23F2N3S/c1-33-16-22(15-19-7-11-23(30)12-8-19)27-25(17-33)28(21-9-13-24(31)14-10-21)34-26(18-35-29(34)32-27)20-5-3-2-4-6-20/h2-15,18,28H,16-17H2,1H3/b22-15+/t28-/m1/s1.